The van der Waals surface area contributed by atoms with Gasteiger partial charge >= 0.3 is 0 Å². The summed E-state index contributed by atoms with van der Waals surface area (Å²) >= 11 is 12.1. The van der Waals surface area contributed by atoms with Crippen LogP contribution in [0.2, 0.25) is 10.0 Å². The molecule has 3 nitrogen and oxygen atoms in total. The van der Waals surface area contributed by atoms with Crippen molar-refractivity contribution in [2.75, 3.05) is 17.7 Å². The molecule has 2 aromatic rings. The maximum atomic E-state index is 12.3. The highest BCUT2D eigenvalue weighted by atomic mass is 35.5. The zero-order valence-corrected chi connectivity index (χ0v) is 12.6. The Morgan fingerprint density at radius 2 is 1.75 bits per heavy atom. The van der Waals surface area contributed by atoms with Crippen LogP contribution in [0.5, 0.6) is 0 Å². The third-order valence-electron chi connectivity index (χ3n) is 2.89. The average molecular weight is 309 g/mol. The molecule has 0 aliphatic rings. The maximum Gasteiger partial charge on any atom is 0.257 e. The highest BCUT2D eigenvalue weighted by Crippen LogP contribution is 2.30. The molecule has 0 spiro atoms. The fourth-order valence-electron chi connectivity index (χ4n) is 1.86. The summed E-state index contributed by atoms with van der Waals surface area (Å²) in [6.45, 7) is 1.97. The summed E-state index contributed by atoms with van der Waals surface area (Å²) < 4.78 is 0. The predicted octanol–water partition coefficient (Wildman–Crippen LogP) is 4.60. The highest BCUT2D eigenvalue weighted by Gasteiger charge is 2.14. The normalized spacial score (nSPS) is 10.2. The van der Waals surface area contributed by atoms with Gasteiger partial charge < -0.3 is 10.6 Å². The van der Waals surface area contributed by atoms with E-state index in [0.29, 0.717) is 21.3 Å². The Kier molecular flexibility index (Phi) is 4.53. The van der Waals surface area contributed by atoms with Crippen molar-refractivity contribution in [3.63, 3.8) is 0 Å². The molecule has 0 unspecified atom stereocenters. The van der Waals surface area contributed by atoms with E-state index in [1.165, 1.54) is 0 Å². The van der Waals surface area contributed by atoms with Gasteiger partial charge in [0.15, 0.2) is 0 Å². The standard InChI is InChI=1S/C15H14Cl2N2O/c1-9-6-7-10(13(8-9)18-2)15(20)19-14-11(16)4-3-5-12(14)17/h3-8,18H,1-2H3,(H,19,20). The van der Waals surface area contributed by atoms with Crippen molar-refractivity contribution in [1.82, 2.24) is 0 Å². The van der Waals surface area contributed by atoms with Crippen LogP contribution in [0.15, 0.2) is 36.4 Å². The summed E-state index contributed by atoms with van der Waals surface area (Å²) in [7, 11) is 1.77. The minimum absolute atomic E-state index is 0.260. The average Bonchev–Trinajstić information content (AvgIpc) is 2.42. The molecule has 1 amide bonds. The zero-order chi connectivity index (χ0) is 14.7. The molecule has 0 heterocycles. The molecule has 0 aliphatic heterocycles. The molecule has 0 saturated carbocycles. The van der Waals surface area contributed by atoms with E-state index >= 15 is 0 Å². The Bertz CT molecular complexity index is 636. The molecule has 2 N–H and O–H groups in total. The second-order valence-electron chi connectivity index (χ2n) is 4.35. The van der Waals surface area contributed by atoms with Crippen LogP contribution in [-0.2, 0) is 0 Å². The van der Waals surface area contributed by atoms with Crippen LogP contribution in [0.3, 0.4) is 0 Å². The fourth-order valence-corrected chi connectivity index (χ4v) is 2.35. The molecule has 0 atom stereocenters. The van der Waals surface area contributed by atoms with Crippen molar-refractivity contribution in [2.45, 2.75) is 6.92 Å². The third-order valence-corrected chi connectivity index (χ3v) is 3.52. The lowest BCUT2D eigenvalue weighted by Gasteiger charge is -2.12. The second kappa shape index (κ2) is 6.16. The SMILES string of the molecule is CNc1cc(C)ccc1C(=O)Nc1c(Cl)cccc1Cl. The largest absolute Gasteiger partial charge is 0.387 e. The number of carbonyl (C=O) groups excluding carboxylic acids is 1. The Balaban J connectivity index is 2.33. The Morgan fingerprint density at radius 1 is 1.10 bits per heavy atom. The summed E-state index contributed by atoms with van der Waals surface area (Å²) in [5.41, 5.74) is 2.78. The van der Waals surface area contributed by atoms with Gasteiger partial charge in [-0.1, -0.05) is 35.3 Å². The molecule has 0 radical (unpaired) electrons. The van der Waals surface area contributed by atoms with Crippen LogP contribution in [0.25, 0.3) is 0 Å². The van der Waals surface area contributed by atoms with E-state index < -0.39 is 0 Å². The summed E-state index contributed by atoms with van der Waals surface area (Å²) in [5.74, 6) is -0.260. The van der Waals surface area contributed by atoms with E-state index in [4.69, 9.17) is 23.2 Å². The molecule has 0 saturated heterocycles. The number of anilines is 2. The molecule has 0 aromatic heterocycles. The number of halogens is 2. The quantitative estimate of drug-likeness (QED) is 0.870. The monoisotopic (exact) mass is 308 g/mol. The van der Waals surface area contributed by atoms with Gasteiger partial charge in [-0.25, -0.2) is 0 Å². The van der Waals surface area contributed by atoms with Gasteiger partial charge in [0.2, 0.25) is 0 Å². The molecule has 2 aromatic carbocycles. The van der Waals surface area contributed by atoms with Gasteiger partial charge in [0, 0.05) is 12.7 Å². The van der Waals surface area contributed by atoms with E-state index in [-0.39, 0.29) is 5.91 Å². The first-order chi connectivity index (χ1) is 9.52. The first-order valence-electron chi connectivity index (χ1n) is 6.06. The zero-order valence-electron chi connectivity index (χ0n) is 11.1. The van der Waals surface area contributed by atoms with E-state index in [0.717, 1.165) is 11.3 Å². The van der Waals surface area contributed by atoms with E-state index in [1.807, 2.05) is 19.1 Å². The third kappa shape index (κ3) is 3.06. The summed E-state index contributed by atoms with van der Waals surface area (Å²) in [5, 5.41) is 6.56. The van der Waals surface area contributed by atoms with Crippen LogP contribution < -0.4 is 10.6 Å². The highest BCUT2D eigenvalue weighted by molar-refractivity contribution is 6.40. The lowest BCUT2D eigenvalue weighted by atomic mass is 10.1. The van der Waals surface area contributed by atoms with Gasteiger partial charge in [-0.15, -0.1) is 0 Å². The molecule has 20 heavy (non-hydrogen) atoms. The second-order valence-corrected chi connectivity index (χ2v) is 5.16. The van der Waals surface area contributed by atoms with Crippen LogP contribution in [0, 0.1) is 6.92 Å². The van der Waals surface area contributed by atoms with Gasteiger partial charge in [0.05, 0.1) is 21.3 Å². The van der Waals surface area contributed by atoms with Gasteiger partial charge in [0.1, 0.15) is 0 Å². The predicted molar refractivity (Wildman–Crippen MR) is 85.1 cm³/mol. The molecule has 104 valence electrons. The van der Waals surface area contributed by atoms with Crippen molar-refractivity contribution < 1.29 is 4.79 Å². The molecule has 0 aliphatic carbocycles. The van der Waals surface area contributed by atoms with Crippen LogP contribution in [0.1, 0.15) is 15.9 Å². The Morgan fingerprint density at radius 3 is 2.35 bits per heavy atom. The number of aryl methyl sites for hydroxylation is 1. The van der Waals surface area contributed by atoms with Crippen molar-refractivity contribution in [3.8, 4) is 0 Å². The summed E-state index contributed by atoms with van der Waals surface area (Å²) in [4.78, 5) is 12.3. The van der Waals surface area contributed by atoms with E-state index in [1.54, 1.807) is 31.3 Å². The number of rotatable bonds is 3. The van der Waals surface area contributed by atoms with Gasteiger partial charge in [-0.05, 0) is 36.8 Å². The number of amides is 1. The van der Waals surface area contributed by atoms with Crippen LogP contribution in [-0.4, -0.2) is 13.0 Å². The lowest BCUT2D eigenvalue weighted by Crippen LogP contribution is -2.14. The minimum atomic E-state index is -0.260. The first kappa shape index (κ1) is 14.7. The molecule has 2 rings (SSSR count). The fraction of sp³-hybridized carbons (Fsp3) is 0.133. The Hall–Kier alpha value is -1.71. The number of hydrogen-bond acceptors (Lipinski definition) is 2. The van der Waals surface area contributed by atoms with E-state index in [9.17, 15) is 4.79 Å². The molecule has 5 heteroatoms. The van der Waals surface area contributed by atoms with Crippen molar-refractivity contribution in [1.29, 1.82) is 0 Å². The number of benzene rings is 2. The number of carbonyl (C=O) groups is 1. The molecular formula is C15H14Cl2N2O. The Labute approximate surface area is 127 Å². The first-order valence-corrected chi connectivity index (χ1v) is 6.82. The number of para-hydroxylation sites is 1. The van der Waals surface area contributed by atoms with E-state index in [2.05, 4.69) is 10.6 Å². The topological polar surface area (TPSA) is 41.1 Å². The van der Waals surface area contributed by atoms with Crippen molar-refractivity contribution >= 4 is 40.5 Å². The van der Waals surface area contributed by atoms with Crippen LogP contribution >= 0.6 is 23.2 Å². The minimum Gasteiger partial charge on any atom is -0.387 e. The number of hydrogen-bond donors (Lipinski definition) is 2. The van der Waals surface area contributed by atoms with Crippen molar-refractivity contribution in [3.05, 3.63) is 57.6 Å². The molecular weight excluding hydrogens is 295 g/mol. The summed E-state index contributed by atoms with van der Waals surface area (Å²) in [6, 6.07) is 10.6. The number of nitrogens with one attached hydrogen (secondary N) is 2. The lowest BCUT2D eigenvalue weighted by molar-refractivity contribution is 0.102. The maximum absolute atomic E-state index is 12.3. The van der Waals surface area contributed by atoms with Gasteiger partial charge in [-0.3, -0.25) is 4.79 Å². The molecule has 0 bridgehead atoms. The smallest absolute Gasteiger partial charge is 0.257 e. The molecule has 0 fully saturated rings. The summed E-state index contributed by atoms with van der Waals surface area (Å²) in [6.07, 6.45) is 0. The van der Waals surface area contributed by atoms with Crippen LogP contribution in [0.4, 0.5) is 11.4 Å². The van der Waals surface area contributed by atoms with Crippen molar-refractivity contribution in [2.24, 2.45) is 0 Å². The van der Waals surface area contributed by atoms with Gasteiger partial charge in [-0.2, -0.15) is 0 Å². The van der Waals surface area contributed by atoms with Gasteiger partial charge in [0.25, 0.3) is 5.91 Å².